The lowest BCUT2D eigenvalue weighted by atomic mass is 10.1. The average Bonchev–Trinajstić information content (AvgIpc) is 2.50. The molecule has 0 nitrogen and oxygen atoms in total. The summed E-state index contributed by atoms with van der Waals surface area (Å²) in [5.74, 6) is 0. The Kier molecular flexibility index (Phi) is 4.30. The smallest absolute Gasteiger partial charge is 0.0205 e. The van der Waals surface area contributed by atoms with Gasteiger partial charge in [0.05, 0.1) is 0 Å². The molecule has 0 aromatic heterocycles. The Balaban J connectivity index is 1.96. The van der Waals surface area contributed by atoms with Crippen molar-refractivity contribution in [3.63, 3.8) is 0 Å². The third-order valence-electron chi connectivity index (χ3n) is 2.72. The largest absolute Gasteiger partial charge is 0.0894 e. The maximum Gasteiger partial charge on any atom is 0.0205 e. The minimum absolute atomic E-state index is 0.0132. The van der Waals surface area contributed by atoms with E-state index in [0.717, 1.165) is 0 Å². The van der Waals surface area contributed by atoms with Crippen molar-refractivity contribution >= 4 is 36.0 Å². The zero-order valence-corrected chi connectivity index (χ0v) is 13.3. The van der Waals surface area contributed by atoms with Crippen molar-refractivity contribution in [3.05, 3.63) is 82.5 Å². The molecule has 0 saturated heterocycles. The van der Waals surface area contributed by atoms with Crippen molar-refractivity contribution in [3.8, 4) is 0 Å². The number of hydrogen-bond acceptors (Lipinski definition) is 1. The first-order chi connectivity index (χ1) is 9.43. The molecule has 94 valence electrons. The highest BCUT2D eigenvalue weighted by Gasteiger charge is 2.07. The number of allylic oxidation sites excluding steroid dienone is 3. The molecular formula is C17H13IS. The molecule has 0 aliphatic carbocycles. The number of rotatable bonds is 3. The van der Waals surface area contributed by atoms with Gasteiger partial charge in [0.25, 0.3) is 0 Å². The van der Waals surface area contributed by atoms with Gasteiger partial charge in [0.2, 0.25) is 0 Å². The van der Waals surface area contributed by atoms with Gasteiger partial charge < -0.3 is 0 Å². The SMILES string of the molecule is C1=CI=C(c2ccccc2Sc2ccccc2)C=C1. The van der Waals surface area contributed by atoms with Crippen molar-refractivity contribution in [1.82, 2.24) is 0 Å². The molecule has 0 N–H and O–H groups in total. The summed E-state index contributed by atoms with van der Waals surface area (Å²) in [6.45, 7) is 0. The zero-order chi connectivity index (χ0) is 12.9. The second-order valence-corrected chi connectivity index (χ2v) is 7.67. The highest BCUT2D eigenvalue weighted by molar-refractivity contribution is 14.2. The van der Waals surface area contributed by atoms with E-state index in [-0.39, 0.29) is 20.7 Å². The van der Waals surface area contributed by atoms with Crippen molar-refractivity contribution in [1.29, 1.82) is 0 Å². The molecule has 0 unspecified atom stereocenters. The third kappa shape index (κ3) is 3.25. The van der Waals surface area contributed by atoms with Crippen LogP contribution in [-0.2, 0) is 0 Å². The number of halogens is 1. The van der Waals surface area contributed by atoms with Gasteiger partial charge in [-0.1, -0.05) is 81.0 Å². The molecule has 2 aromatic carbocycles. The predicted octanol–water partition coefficient (Wildman–Crippen LogP) is 5.41. The number of benzene rings is 2. The van der Waals surface area contributed by atoms with Gasteiger partial charge in [-0.25, -0.2) is 0 Å². The lowest BCUT2D eigenvalue weighted by Gasteiger charge is -2.10. The van der Waals surface area contributed by atoms with Gasteiger partial charge >= 0.3 is 0 Å². The quantitative estimate of drug-likeness (QED) is 0.646. The Labute approximate surface area is 128 Å². The van der Waals surface area contributed by atoms with Crippen LogP contribution in [0.3, 0.4) is 0 Å². The Morgan fingerprint density at radius 1 is 0.789 bits per heavy atom. The topological polar surface area (TPSA) is 0 Å². The van der Waals surface area contributed by atoms with Crippen LogP contribution in [0.1, 0.15) is 5.56 Å². The molecule has 19 heavy (non-hydrogen) atoms. The minimum atomic E-state index is 0.0132. The van der Waals surface area contributed by atoms with Crippen LogP contribution < -0.4 is 0 Å². The van der Waals surface area contributed by atoms with E-state index in [1.807, 2.05) is 11.8 Å². The lowest BCUT2D eigenvalue weighted by molar-refractivity contribution is 1.39. The van der Waals surface area contributed by atoms with Crippen molar-refractivity contribution < 1.29 is 0 Å². The molecule has 1 aliphatic heterocycles. The second kappa shape index (κ2) is 6.35. The Morgan fingerprint density at radius 2 is 1.58 bits per heavy atom. The van der Waals surface area contributed by atoms with Gasteiger partial charge in [-0.05, 0) is 28.4 Å². The van der Waals surface area contributed by atoms with Gasteiger partial charge in [0.1, 0.15) is 0 Å². The summed E-state index contributed by atoms with van der Waals surface area (Å²) < 4.78 is 3.82. The molecule has 0 atom stereocenters. The summed E-state index contributed by atoms with van der Waals surface area (Å²) in [5.41, 5.74) is 1.39. The Hall–Kier alpha value is -1.13. The molecule has 0 radical (unpaired) electrons. The molecule has 1 aliphatic rings. The van der Waals surface area contributed by atoms with Gasteiger partial charge in [-0.2, -0.15) is 0 Å². The molecule has 0 saturated carbocycles. The standard InChI is InChI=1S/C17H13IS/c1-2-8-14(9-3-1)19-17-12-5-4-10-15(17)16-11-6-7-13-18-16/h1-13H. The van der Waals surface area contributed by atoms with Crippen LogP contribution in [-0.4, -0.2) is 3.51 Å². The fourth-order valence-electron chi connectivity index (χ4n) is 1.84. The summed E-state index contributed by atoms with van der Waals surface area (Å²) in [5, 5.41) is 0. The van der Waals surface area contributed by atoms with Gasteiger partial charge in [-0.15, -0.1) is 0 Å². The van der Waals surface area contributed by atoms with Crippen LogP contribution in [0.5, 0.6) is 0 Å². The third-order valence-corrected chi connectivity index (χ3v) is 6.19. The first kappa shape index (κ1) is 12.9. The number of hydrogen-bond donors (Lipinski definition) is 0. The van der Waals surface area contributed by atoms with Crippen molar-refractivity contribution in [2.75, 3.05) is 0 Å². The summed E-state index contributed by atoms with van der Waals surface area (Å²) in [6.07, 6.45) is 6.56. The van der Waals surface area contributed by atoms with Crippen LogP contribution in [0.15, 0.2) is 86.7 Å². The monoisotopic (exact) mass is 376 g/mol. The first-order valence-corrected chi connectivity index (χ1v) is 9.23. The molecule has 0 spiro atoms. The average molecular weight is 376 g/mol. The summed E-state index contributed by atoms with van der Waals surface area (Å²) in [6, 6.07) is 19.3. The minimum Gasteiger partial charge on any atom is -0.0894 e. The van der Waals surface area contributed by atoms with E-state index < -0.39 is 0 Å². The van der Waals surface area contributed by atoms with E-state index in [0.29, 0.717) is 0 Å². The zero-order valence-electron chi connectivity index (χ0n) is 10.3. The van der Waals surface area contributed by atoms with E-state index in [4.69, 9.17) is 0 Å². The van der Waals surface area contributed by atoms with Crippen LogP contribution in [0.2, 0.25) is 0 Å². The normalized spacial score (nSPS) is 13.8. The van der Waals surface area contributed by atoms with Gasteiger partial charge in [0, 0.05) is 18.9 Å². The van der Waals surface area contributed by atoms with Crippen molar-refractivity contribution in [2.24, 2.45) is 0 Å². The van der Waals surface area contributed by atoms with E-state index in [1.165, 1.54) is 18.9 Å². The Bertz CT molecular complexity index is 654. The highest BCUT2D eigenvalue weighted by Crippen LogP contribution is 2.32. The molecule has 0 fully saturated rings. The molecular weight excluding hydrogens is 363 g/mol. The van der Waals surface area contributed by atoms with Gasteiger partial charge in [0.15, 0.2) is 0 Å². The summed E-state index contributed by atoms with van der Waals surface area (Å²) in [4.78, 5) is 2.65. The summed E-state index contributed by atoms with van der Waals surface area (Å²) >= 11 is 1.86. The molecule has 2 heteroatoms. The van der Waals surface area contributed by atoms with Crippen LogP contribution in [0.25, 0.3) is 0 Å². The van der Waals surface area contributed by atoms with Crippen molar-refractivity contribution in [2.45, 2.75) is 9.79 Å². The fourth-order valence-corrected chi connectivity index (χ4v) is 5.06. The molecule has 0 bridgehead atoms. The maximum atomic E-state index is 2.32. The van der Waals surface area contributed by atoms with E-state index in [1.54, 1.807) is 0 Å². The van der Waals surface area contributed by atoms with Crippen LogP contribution in [0, 0.1) is 0 Å². The predicted molar refractivity (Wildman–Crippen MR) is 93.4 cm³/mol. The fraction of sp³-hybridized carbons (Fsp3) is 0. The van der Waals surface area contributed by atoms with Crippen LogP contribution >= 0.6 is 32.5 Å². The maximum absolute atomic E-state index is 2.32. The highest BCUT2D eigenvalue weighted by atomic mass is 127. The second-order valence-electron chi connectivity index (χ2n) is 4.05. The molecule has 0 amide bonds. The van der Waals surface area contributed by atoms with E-state index in [2.05, 4.69) is 76.9 Å². The van der Waals surface area contributed by atoms with E-state index >= 15 is 0 Å². The van der Waals surface area contributed by atoms with E-state index in [9.17, 15) is 0 Å². The Morgan fingerprint density at radius 3 is 2.37 bits per heavy atom. The summed E-state index contributed by atoms with van der Waals surface area (Å²) in [7, 11) is 0. The lowest BCUT2D eigenvalue weighted by Crippen LogP contribution is -1.96. The molecule has 3 rings (SSSR count). The first-order valence-electron chi connectivity index (χ1n) is 6.09. The molecule has 1 heterocycles. The van der Waals surface area contributed by atoms with Crippen LogP contribution in [0.4, 0.5) is 0 Å². The van der Waals surface area contributed by atoms with Gasteiger partial charge in [-0.3, -0.25) is 0 Å². The molecule has 2 aromatic rings.